The Labute approximate surface area is 110 Å². The molecule has 0 radical (unpaired) electrons. The third-order valence-corrected chi connectivity index (χ3v) is 3.20. The van der Waals surface area contributed by atoms with Crippen LogP contribution >= 0.6 is 15.9 Å². The van der Waals surface area contributed by atoms with E-state index in [9.17, 15) is 4.79 Å². The van der Waals surface area contributed by atoms with Gasteiger partial charge in [0.15, 0.2) is 5.78 Å². The largest absolute Gasteiger partial charge is 0.289 e. The summed E-state index contributed by atoms with van der Waals surface area (Å²) in [4.78, 5) is 12.4. The maximum absolute atomic E-state index is 12.1. The molecular weight excluding hydrogens is 276 g/mol. The highest BCUT2D eigenvalue weighted by atomic mass is 79.9. The van der Waals surface area contributed by atoms with E-state index in [1.54, 1.807) is 0 Å². The van der Waals surface area contributed by atoms with Crippen LogP contribution in [-0.4, -0.2) is 5.78 Å². The van der Waals surface area contributed by atoms with E-state index in [4.69, 9.17) is 0 Å². The molecule has 0 heterocycles. The molecule has 0 N–H and O–H groups in total. The summed E-state index contributed by atoms with van der Waals surface area (Å²) in [6, 6.07) is 17.1. The zero-order valence-corrected chi connectivity index (χ0v) is 11.1. The molecule has 0 saturated heterocycles. The molecule has 2 heteroatoms. The first-order valence-electron chi connectivity index (χ1n) is 5.52. The summed E-state index contributed by atoms with van der Waals surface area (Å²) in [7, 11) is 0. The highest BCUT2D eigenvalue weighted by Gasteiger charge is 2.08. The Hall–Kier alpha value is -1.41. The van der Waals surface area contributed by atoms with Crippen molar-refractivity contribution in [2.24, 2.45) is 0 Å². The van der Waals surface area contributed by atoms with Crippen LogP contribution in [0.3, 0.4) is 0 Å². The number of hydrogen-bond donors (Lipinski definition) is 0. The van der Waals surface area contributed by atoms with E-state index in [2.05, 4.69) is 22.9 Å². The second-order valence-electron chi connectivity index (χ2n) is 3.93. The Morgan fingerprint density at radius 3 is 2.00 bits per heavy atom. The second kappa shape index (κ2) is 5.28. The second-order valence-corrected chi connectivity index (χ2v) is 5.31. The van der Waals surface area contributed by atoms with Crippen molar-refractivity contribution in [3.05, 3.63) is 71.3 Å². The van der Waals surface area contributed by atoms with Crippen molar-refractivity contribution in [3.8, 4) is 0 Å². The van der Waals surface area contributed by atoms with Gasteiger partial charge in [-0.1, -0.05) is 70.5 Å². The molecule has 1 atom stereocenters. The topological polar surface area (TPSA) is 17.1 Å². The van der Waals surface area contributed by atoms with Crippen LogP contribution in [0.2, 0.25) is 0 Å². The molecule has 0 saturated carbocycles. The van der Waals surface area contributed by atoms with Gasteiger partial charge in [-0.05, 0) is 12.5 Å². The first-order chi connectivity index (χ1) is 8.18. The highest BCUT2D eigenvalue weighted by Crippen LogP contribution is 2.22. The van der Waals surface area contributed by atoms with Gasteiger partial charge in [-0.3, -0.25) is 4.79 Å². The summed E-state index contributed by atoms with van der Waals surface area (Å²) in [6.45, 7) is 2.06. The minimum atomic E-state index is 0.0689. The van der Waals surface area contributed by atoms with Gasteiger partial charge < -0.3 is 0 Å². The molecule has 86 valence electrons. The van der Waals surface area contributed by atoms with E-state index in [0.717, 1.165) is 11.1 Å². The van der Waals surface area contributed by atoms with Gasteiger partial charge in [0.05, 0.1) is 0 Å². The molecule has 0 aliphatic heterocycles. The van der Waals surface area contributed by atoms with Gasteiger partial charge in [0.1, 0.15) is 0 Å². The Bertz CT molecular complexity index is 500. The van der Waals surface area contributed by atoms with E-state index >= 15 is 0 Å². The smallest absolute Gasteiger partial charge is 0.193 e. The Balaban J connectivity index is 2.27. The first-order valence-corrected chi connectivity index (χ1v) is 6.44. The normalized spacial score (nSPS) is 12.1. The van der Waals surface area contributed by atoms with Gasteiger partial charge in [0.25, 0.3) is 0 Å². The molecule has 1 nitrogen and oxygen atoms in total. The summed E-state index contributed by atoms with van der Waals surface area (Å²) in [5.41, 5.74) is 2.63. The van der Waals surface area contributed by atoms with E-state index in [-0.39, 0.29) is 5.78 Å². The van der Waals surface area contributed by atoms with Crippen LogP contribution in [-0.2, 0) is 0 Å². The third kappa shape index (κ3) is 2.83. The van der Waals surface area contributed by atoms with E-state index in [1.165, 1.54) is 5.56 Å². The van der Waals surface area contributed by atoms with Crippen LogP contribution in [0.5, 0.6) is 0 Å². The van der Waals surface area contributed by atoms with Gasteiger partial charge in [-0.25, -0.2) is 0 Å². The maximum atomic E-state index is 12.1. The van der Waals surface area contributed by atoms with Crippen molar-refractivity contribution in [1.29, 1.82) is 0 Å². The minimum Gasteiger partial charge on any atom is -0.289 e. The molecule has 1 unspecified atom stereocenters. The quantitative estimate of drug-likeness (QED) is 0.605. The van der Waals surface area contributed by atoms with Crippen molar-refractivity contribution < 1.29 is 4.79 Å². The molecule has 0 spiro atoms. The van der Waals surface area contributed by atoms with Gasteiger partial charge in [0, 0.05) is 16.0 Å². The summed E-state index contributed by atoms with van der Waals surface area (Å²) < 4.78 is 0. The number of alkyl halides is 1. The van der Waals surface area contributed by atoms with Crippen LogP contribution in [0.25, 0.3) is 0 Å². The van der Waals surface area contributed by atoms with Crippen molar-refractivity contribution in [1.82, 2.24) is 0 Å². The summed E-state index contributed by atoms with van der Waals surface area (Å²) in [6.07, 6.45) is 0. The van der Waals surface area contributed by atoms with Gasteiger partial charge in [0.2, 0.25) is 0 Å². The lowest BCUT2D eigenvalue weighted by molar-refractivity contribution is 0.103. The molecule has 0 aliphatic carbocycles. The molecule has 0 aromatic heterocycles. The third-order valence-electron chi connectivity index (χ3n) is 2.67. The van der Waals surface area contributed by atoms with Crippen LogP contribution < -0.4 is 0 Å². The zero-order chi connectivity index (χ0) is 12.3. The summed E-state index contributed by atoms with van der Waals surface area (Å²) >= 11 is 3.50. The number of benzene rings is 2. The molecular formula is C15H13BrO. The molecule has 0 bridgehead atoms. The standard InChI is InChI=1S/C15H13BrO/c1-11(16)12-7-9-14(10-8-12)15(17)13-5-3-2-4-6-13/h2-11H,1H3. The average molecular weight is 289 g/mol. The fourth-order valence-corrected chi connectivity index (χ4v) is 1.96. The lowest BCUT2D eigenvalue weighted by Gasteiger charge is -2.05. The van der Waals surface area contributed by atoms with Gasteiger partial charge in [-0.2, -0.15) is 0 Å². The lowest BCUT2D eigenvalue weighted by atomic mass is 10.0. The number of rotatable bonds is 3. The van der Waals surface area contributed by atoms with Crippen molar-refractivity contribution in [3.63, 3.8) is 0 Å². The van der Waals surface area contributed by atoms with Gasteiger partial charge >= 0.3 is 0 Å². The Kier molecular flexibility index (Phi) is 3.75. The lowest BCUT2D eigenvalue weighted by Crippen LogP contribution is -2.00. The number of halogens is 1. The fourth-order valence-electron chi connectivity index (χ4n) is 1.66. The zero-order valence-electron chi connectivity index (χ0n) is 9.56. The maximum Gasteiger partial charge on any atom is 0.193 e. The Morgan fingerprint density at radius 1 is 0.941 bits per heavy atom. The predicted octanol–water partition coefficient (Wildman–Crippen LogP) is 4.37. The molecule has 0 fully saturated rings. The first kappa shape index (κ1) is 12.1. The molecule has 17 heavy (non-hydrogen) atoms. The van der Waals surface area contributed by atoms with E-state index in [0.29, 0.717) is 4.83 Å². The molecule has 2 aromatic carbocycles. The van der Waals surface area contributed by atoms with Crippen LogP contribution in [0.1, 0.15) is 33.2 Å². The fraction of sp³-hybridized carbons (Fsp3) is 0.133. The molecule has 2 aromatic rings. The van der Waals surface area contributed by atoms with Crippen molar-refractivity contribution >= 4 is 21.7 Å². The molecule has 2 rings (SSSR count). The number of ketones is 1. The van der Waals surface area contributed by atoms with Crippen molar-refractivity contribution in [2.45, 2.75) is 11.8 Å². The molecule has 0 amide bonds. The van der Waals surface area contributed by atoms with E-state index < -0.39 is 0 Å². The Morgan fingerprint density at radius 2 is 1.47 bits per heavy atom. The summed E-state index contributed by atoms with van der Waals surface area (Å²) in [5, 5.41) is 0. The molecule has 0 aliphatic rings. The number of carbonyl (C=O) groups excluding carboxylic acids is 1. The average Bonchev–Trinajstić information content (AvgIpc) is 2.39. The number of hydrogen-bond acceptors (Lipinski definition) is 1. The van der Waals surface area contributed by atoms with Crippen LogP contribution in [0.15, 0.2) is 54.6 Å². The SMILES string of the molecule is CC(Br)c1ccc(C(=O)c2ccccc2)cc1. The summed E-state index contributed by atoms with van der Waals surface area (Å²) in [5.74, 6) is 0.0689. The highest BCUT2D eigenvalue weighted by molar-refractivity contribution is 9.09. The number of carbonyl (C=O) groups is 1. The minimum absolute atomic E-state index is 0.0689. The monoisotopic (exact) mass is 288 g/mol. The van der Waals surface area contributed by atoms with Gasteiger partial charge in [-0.15, -0.1) is 0 Å². The van der Waals surface area contributed by atoms with Crippen LogP contribution in [0, 0.1) is 0 Å². The van der Waals surface area contributed by atoms with Crippen LogP contribution in [0.4, 0.5) is 0 Å². The predicted molar refractivity (Wildman–Crippen MR) is 73.7 cm³/mol. The van der Waals surface area contributed by atoms with Crippen molar-refractivity contribution in [2.75, 3.05) is 0 Å². The van der Waals surface area contributed by atoms with E-state index in [1.807, 2.05) is 54.6 Å².